The Labute approximate surface area is 203 Å². The summed E-state index contributed by atoms with van der Waals surface area (Å²) in [7, 11) is 0. The average molecular weight is 484 g/mol. The minimum absolute atomic E-state index is 0.0357. The number of carbonyl (C=O) groups is 2. The molecule has 10 nitrogen and oxygen atoms in total. The van der Waals surface area contributed by atoms with E-state index >= 15 is 0 Å². The van der Waals surface area contributed by atoms with Gasteiger partial charge in [-0.1, -0.05) is 37.3 Å². The maximum Gasteiger partial charge on any atom is 0.407 e. The fourth-order valence-corrected chi connectivity index (χ4v) is 3.75. The summed E-state index contributed by atoms with van der Waals surface area (Å²) in [5.41, 5.74) is -0.102. The van der Waals surface area contributed by atoms with Crippen LogP contribution < -0.4 is 16.2 Å². The number of aromatic carboxylic acids is 1. The molecule has 1 aromatic carbocycles. The Morgan fingerprint density at radius 3 is 2.49 bits per heavy atom. The molecule has 3 aromatic rings. The lowest BCUT2D eigenvalue weighted by molar-refractivity contribution is 0.0526. The maximum absolute atomic E-state index is 13.5. The number of hydrogen-bond acceptors (Lipinski definition) is 6. The Bertz CT molecular complexity index is 1230. The average Bonchev–Trinajstić information content (AvgIpc) is 3.22. The predicted octanol–water partition coefficient (Wildman–Crippen LogP) is 3.20. The Kier molecular flexibility index (Phi) is 8.29. The van der Waals surface area contributed by atoms with Gasteiger partial charge in [-0.25, -0.2) is 14.1 Å². The van der Waals surface area contributed by atoms with Crippen LogP contribution in [0.1, 0.15) is 68.3 Å². The molecule has 0 aliphatic heterocycles. The Hall–Kier alpha value is -3.66. The fourth-order valence-electron chi connectivity index (χ4n) is 3.75. The molecule has 3 N–H and O–H groups in total. The zero-order chi connectivity index (χ0) is 25.6. The fraction of sp³-hybridized carbons (Fsp3) is 0.440. The van der Waals surface area contributed by atoms with Crippen molar-refractivity contribution in [1.82, 2.24) is 24.8 Å². The summed E-state index contributed by atoms with van der Waals surface area (Å²) in [6.45, 7) is 8.68. The highest BCUT2D eigenvalue weighted by molar-refractivity contribution is 5.95. The highest BCUT2D eigenvalue weighted by atomic mass is 16.6. The van der Waals surface area contributed by atoms with Crippen LogP contribution in [0.5, 0.6) is 0 Å². The van der Waals surface area contributed by atoms with Crippen molar-refractivity contribution < 1.29 is 19.4 Å². The number of carboxylic acid groups (broad SMARTS) is 1. The number of ether oxygens (including phenoxy) is 1. The maximum atomic E-state index is 13.5. The number of aromatic nitrogens is 3. The molecule has 0 aliphatic carbocycles. The zero-order valence-electron chi connectivity index (χ0n) is 20.6. The van der Waals surface area contributed by atoms with Gasteiger partial charge in [-0.2, -0.15) is 5.10 Å². The number of nitrogens with one attached hydrogen (secondary N) is 2. The van der Waals surface area contributed by atoms with E-state index in [9.17, 15) is 19.5 Å². The van der Waals surface area contributed by atoms with Crippen LogP contribution in [0.2, 0.25) is 0 Å². The standard InChI is InChI=1S/C25H33N5O5/c1-5-19(26-13-9-14-27-24(34)35-25(2,3)4)21-28-30-15-12-18(23(32)33)20(30)22(31)29(21)16-17-10-7-6-8-11-17/h6-8,10-12,15,19,26H,5,9,13-14,16H2,1-4H3,(H,27,34)(H,32,33). The first-order chi connectivity index (χ1) is 16.6. The highest BCUT2D eigenvalue weighted by Gasteiger charge is 2.23. The summed E-state index contributed by atoms with van der Waals surface area (Å²) in [4.78, 5) is 37.0. The van der Waals surface area contributed by atoms with E-state index in [0.717, 1.165) is 5.56 Å². The van der Waals surface area contributed by atoms with Crippen LogP contribution in [0.3, 0.4) is 0 Å². The lowest BCUT2D eigenvalue weighted by Crippen LogP contribution is -2.36. The predicted molar refractivity (Wildman–Crippen MR) is 132 cm³/mol. The van der Waals surface area contributed by atoms with Crippen molar-refractivity contribution in [2.45, 2.75) is 58.7 Å². The monoisotopic (exact) mass is 483 g/mol. The topological polar surface area (TPSA) is 127 Å². The minimum atomic E-state index is -1.17. The molecule has 0 saturated heterocycles. The lowest BCUT2D eigenvalue weighted by Gasteiger charge is -2.22. The number of nitrogens with zero attached hydrogens (tertiary/aromatic N) is 3. The van der Waals surface area contributed by atoms with Crippen LogP contribution in [-0.2, 0) is 11.3 Å². The largest absolute Gasteiger partial charge is 0.478 e. The van der Waals surface area contributed by atoms with Crippen LogP contribution in [0, 0.1) is 0 Å². The first-order valence-corrected chi connectivity index (χ1v) is 11.7. The number of alkyl carbamates (subject to hydrolysis) is 1. The van der Waals surface area contributed by atoms with E-state index in [-0.39, 0.29) is 23.7 Å². The van der Waals surface area contributed by atoms with Crippen molar-refractivity contribution in [3.63, 3.8) is 0 Å². The molecule has 0 aliphatic rings. The molecule has 3 rings (SSSR count). The van der Waals surface area contributed by atoms with Gasteiger partial charge in [-0.3, -0.25) is 9.36 Å². The Morgan fingerprint density at radius 2 is 1.86 bits per heavy atom. The molecule has 2 aromatic heterocycles. The van der Waals surface area contributed by atoms with Crippen LogP contribution in [-0.4, -0.2) is 50.0 Å². The van der Waals surface area contributed by atoms with Crippen LogP contribution in [0.25, 0.3) is 5.52 Å². The SMILES string of the molecule is CCC(NCCCNC(=O)OC(C)(C)C)c1nn2ccc(C(=O)O)c2c(=O)n1Cc1ccccc1. The molecule has 10 heteroatoms. The minimum Gasteiger partial charge on any atom is -0.478 e. The number of fused-ring (bicyclic) bond motifs is 1. The second-order valence-electron chi connectivity index (χ2n) is 9.26. The van der Waals surface area contributed by atoms with Crippen LogP contribution in [0.15, 0.2) is 47.4 Å². The van der Waals surface area contributed by atoms with Gasteiger partial charge in [0.05, 0.1) is 18.2 Å². The first-order valence-electron chi connectivity index (χ1n) is 11.7. The number of carboxylic acids is 1. The molecule has 0 fully saturated rings. The summed E-state index contributed by atoms with van der Waals surface area (Å²) in [6, 6.07) is 10.6. The molecule has 2 heterocycles. The molecule has 35 heavy (non-hydrogen) atoms. The van der Waals surface area contributed by atoms with Gasteiger partial charge in [-0.15, -0.1) is 0 Å². The van der Waals surface area contributed by atoms with Crippen molar-refractivity contribution in [3.8, 4) is 0 Å². The van der Waals surface area contributed by atoms with E-state index in [1.807, 2.05) is 58.0 Å². The Morgan fingerprint density at radius 1 is 1.14 bits per heavy atom. The smallest absolute Gasteiger partial charge is 0.407 e. The normalized spacial score (nSPS) is 12.5. The first kappa shape index (κ1) is 26.0. The summed E-state index contributed by atoms with van der Waals surface area (Å²) in [5.74, 6) is -0.658. The van der Waals surface area contributed by atoms with Gasteiger partial charge in [0.25, 0.3) is 5.56 Å². The molecule has 1 unspecified atom stereocenters. The molecule has 0 radical (unpaired) electrons. The van der Waals surface area contributed by atoms with Gasteiger partial charge in [-0.05, 0) is 51.8 Å². The van der Waals surface area contributed by atoms with Crippen molar-refractivity contribution in [3.05, 3.63) is 69.9 Å². The van der Waals surface area contributed by atoms with Crippen molar-refractivity contribution in [1.29, 1.82) is 0 Å². The lowest BCUT2D eigenvalue weighted by atomic mass is 10.1. The molecular weight excluding hydrogens is 450 g/mol. The van der Waals surface area contributed by atoms with Crippen LogP contribution >= 0.6 is 0 Å². The van der Waals surface area contributed by atoms with Gasteiger partial charge in [0.1, 0.15) is 16.9 Å². The highest BCUT2D eigenvalue weighted by Crippen LogP contribution is 2.17. The number of rotatable bonds is 10. The molecule has 0 saturated carbocycles. The summed E-state index contributed by atoms with van der Waals surface area (Å²) < 4.78 is 8.12. The number of benzene rings is 1. The number of carbonyl (C=O) groups excluding carboxylic acids is 1. The van der Waals surface area contributed by atoms with Crippen molar-refractivity contribution in [2.24, 2.45) is 0 Å². The summed E-state index contributed by atoms with van der Waals surface area (Å²) >= 11 is 0. The van der Waals surface area contributed by atoms with Gasteiger partial charge in [0, 0.05) is 12.7 Å². The van der Waals surface area contributed by atoms with E-state index < -0.39 is 23.2 Å². The zero-order valence-corrected chi connectivity index (χ0v) is 20.6. The number of hydrogen-bond donors (Lipinski definition) is 3. The number of amides is 1. The van der Waals surface area contributed by atoms with Gasteiger partial charge < -0.3 is 20.5 Å². The summed E-state index contributed by atoms with van der Waals surface area (Å²) in [6.07, 6.45) is 2.33. The van der Waals surface area contributed by atoms with Crippen molar-refractivity contribution >= 4 is 17.6 Å². The molecule has 1 amide bonds. The van der Waals surface area contributed by atoms with Crippen LogP contribution in [0.4, 0.5) is 4.79 Å². The quantitative estimate of drug-likeness (QED) is 0.378. The third-order valence-corrected chi connectivity index (χ3v) is 5.35. The van der Waals surface area contributed by atoms with Crippen molar-refractivity contribution in [2.75, 3.05) is 13.1 Å². The van der Waals surface area contributed by atoms with E-state index in [2.05, 4.69) is 15.7 Å². The second-order valence-corrected chi connectivity index (χ2v) is 9.26. The van der Waals surface area contributed by atoms with E-state index in [4.69, 9.17) is 4.74 Å². The summed E-state index contributed by atoms with van der Waals surface area (Å²) in [5, 5.41) is 20.3. The Balaban J connectivity index is 1.82. The molecule has 1 atom stereocenters. The third-order valence-electron chi connectivity index (χ3n) is 5.35. The van der Waals surface area contributed by atoms with E-state index in [0.29, 0.717) is 31.8 Å². The molecule has 0 bridgehead atoms. The molecule has 188 valence electrons. The second kappa shape index (κ2) is 11.2. The molecule has 0 spiro atoms. The van der Waals surface area contributed by atoms with Gasteiger partial charge in [0.15, 0.2) is 0 Å². The third kappa shape index (κ3) is 6.69. The molecular formula is C25H33N5O5. The van der Waals surface area contributed by atoms with E-state index in [1.165, 1.54) is 21.3 Å². The van der Waals surface area contributed by atoms with Gasteiger partial charge >= 0.3 is 12.1 Å². The van der Waals surface area contributed by atoms with E-state index in [1.54, 1.807) is 0 Å². The van der Waals surface area contributed by atoms with Gasteiger partial charge in [0.2, 0.25) is 0 Å².